The number of anilines is 1. The predicted molar refractivity (Wildman–Crippen MR) is 195 cm³/mol. The van der Waals surface area contributed by atoms with Gasteiger partial charge in [0.15, 0.2) is 0 Å². The van der Waals surface area contributed by atoms with Crippen molar-refractivity contribution < 1.29 is 0 Å². The average molecular weight is 606 g/mol. The van der Waals surface area contributed by atoms with Crippen LogP contribution in [-0.2, 0) is 5.41 Å². The summed E-state index contributed by atoms with van der Waals surface area (Å²) in [4.78, 5) is 2.39. The van der Waals surface area contributed by atoms with Crippen LogP contribution >= 0.6 is 0 Å². The minimum absolute atomic E-state index is 0.00262. The molecule has 47 heavy (non-hydrogen) atoms. The number of hydrogen-bond donors (Lipinski definition) is 1. The summed E-state index contributed by atoms with van der Waals surface area (Å²) in [7, 11) is 0. The van der Waals surface area contributed by atoms with E-state index in [0.29, 0.717) is 5.92 Å². The van der Waals surface area contributed by atoms with Crippen LogP contribution in [0, 0.1) is 12.1 Å². The standard InChI is InChI=1S/C44H35N3/c1-44(2)39-16-8-6-14-35(39)36-25-24-34(29-40(36)44)46(43-18-10-11-27-45-43)33-22-19-30(20-23-33)31-21-26-42-38(28-31)37-15-7-9-17-41(37)47(42)32-12-4-3-5-13-32/h3-8,10-16,18-24,26,28-29,36,45H,25,27H2,1-2H3. The monoisotopic (exact) mass is 605 g/mol. The number of para-hydroxylation sites is 1. The summed E-state index contributed by atoms with van der Waals surface area (Å²) in [6, 6.07) is 46.0. The number of nitrogens with one attached hydrogen (secondary N) is 1. The molecule has 1 aromatic heterocycles. The predicted octanol–water partition coefficient (Wildman–Crippen LogP) is 10.1. The third kappa shape index (κ3) is 4.37. The first kappa shape index (κ1) is 27.6. The Kier molecular flexibility index (Phi) is 6.27. The molecule has 0 spiro atoms. The number of benzene rings is 4. The lowest BCUT2D eigenvalue weighted by Gasteiger charge is -2.34. The molecule has 1 unspecified atom stereocenters. The van der Waals surface area contributed by atoms with Crippen molar-refractivity contribution in [3.05, 3.63) is 180 Å². The topological polar surface area (TPSA) is 20.2 Å². The van der Waals surface area contributed by atoms with E-state index in [9.17, 15) is 0 Å². The first-order chi connectivity index (χ1) is 23.1. The van der Waals surface area contributed by atoms with Crippen molar-refractivity contribution in [2.24, 2.45) is 0 Å². The largest absolute Gasteiger partial charge is 0.368 e. The second-order valence-corrected chi connectivity index (χ2v) is 13.2. The molecule has 1 aliphatic heterocycles. The molecule has 0 saturated heterocycles. The molecule has 0 bridgehead atoms. The molecule has 6 aromatic rings. The molecule has 0 radical (unpaired) electrons. The van der Waals surface area contributed by atoms with Gasteiger partial charge in [0.1, 0.15) is 11.3 Å². The highest BCUT2D eigenvalue weighted by molar-refractivity contribution is 6.10. The van der Waals surface area contributed by atoms with Crippen LogP contribution in [-0.4, -0.2) is 11.1 Å². The number of aromatic nitrogens is 1. The summed E-state index contributed by atoms with van der Waals surface area (Å²) in [6.45, 7) is 5.57. The average Bonchev–Trinajstić information content (AvgIpc) is 3.58. The highest BCUT2D eigenvalue weighted by atomic mass is 15.3. The van der Waals surface area contributed by atoms with Crippen molar-refractivity contribution in [1.82, 2.24) is 9.88 Å². The minimum atomic E-state index is 0.00262. The molecule has 1 N–H and O–H groups in total. The van der Waals surface area contributed by atoms with Crippen molar-refractivity contribution in [1.29, 1.82) is 0 Å². The molecular weight excluding hydrogens is 571 g/mol. The molecular formula is C44H35N3. The number of allylic oxidation sites excluding steroid dienone is 5. The number of fused-ring (bicyclic) bond motifs is 6. The summed E-state index contributed by atoms with van der Waals surface area (Å²) in [6.07, 6.45) is 12.4. The lowest BCUT2D eigenvalue weighted by molar-refractivity contribution is 0.608. The van der Waals surface area contributed by atoms with Crippen LogP contribution in [0.25, 0.3) is 38.6 Å². The Balaban J connectivity index is 1.10. The van der Waals surface area contributed by atoms with Crippen molar-refractivity contribution in [2.75, 3.05) is 11.4 Å². The van der Waals surface area contributed by atoms with Gasteiger partial charge in [-0.2, -0.15) is 0 Å². The Morgan fingerprint density at radius 2 is 1.66 bits per heavy atom. The lowest BCUT2D eigenvalue weighted by atomic mass is 9.78. The van der Waals surface area contributed by atoms with Crippen LogP contribution < -0.4 is 10.2 Å². The highest BCUT2D eigenvalue weighted by Crippen LogP contribution is 2.53. The van der Waals surface area contributed by atoms with E-state index in [2.05, 4.69) is 174 Å². The third-order valence-electron chi connectivity index (χ3n) is 10.3. The second kappa shape index (κ2) is 10.7. The van der Waals surface area contributed by atoms with Gasteiger partial charge in [-0.3, -0.25) is 4.90 Å². The fourth-order valence-corrected chi connectivity index (χ4v) is 7.98. The van der Waals surface area contributed by atoms with E-state index in [-0.39, 0.29) is 5.41 Å². The van der Waals surface area contributed by atoms with Crippen LogP contribution in [0.2, 0.25) is 0 Å². The van der Waals surface area contributed by atoms with E-state index in [1.165, 1.54) is 49.8 Å². The molecule has 5 aromatic carbocycles. The van der Waals surface area contributed by atoms with Crippen LogP contribution in [0.4, 0.5) is 5.69 Å². The van der Waals surface area contributed by atoms with Gasteiger partial charge in [-0.1, -0.05) is 104 Å². The molecule has 2 aliphatic carbocycles. The van der Waals surface area contributed by atoms with E-state index in [1.807, 2.05) is 6.07 Å². The first-order valence-electron chi connectivity index (χ1n) is 16.5. The smallest absolute Gasteiger partial charge is 0.111 e. The molecule has 2 heterocycles. The first-order valence-corrected chi connectivity index (χ1v) is 16.5. The molecule has 3 aliphatic rings. The van der Waals surface area contributed by atoms with Crippen molar-refractivity contribution >= 4 is 27.5 Å². The fraction of sp³-hybridized carbons (Fsp3) is 0.136. The molecule has 9 rings (SSSR count). The van der Waals surface area contributed by atoms with Gasteiger partial charge in [0.2, 0.25) is 0 Å². The van der Waals surface area contributed by atoms with E-state index >= 15 is 0 Å². The summed E-state index contributed by atoms with van der Waals surface area (Å²) >= 11 is 0. The number of rotatable bonds is 5. The van der Waals surface area contributed by atoms with Gasteiger partial charge in [0.25, 0.3) is 0 Å². The maximum atomic E-state index is 3.63. The van der Waals surface area contributed by atoms with Gasteiger partial charge < -0.3 is 9.88 Å². The van der Waals surface area contributed by atoms with Gasteiger partial charge in [-0.05, 0) is 95.4 Å². The minimum Gasteiger partial charge on any atom is -0.368 e. The van der Waals surface area contributed by atoms with Crippen molar-refractivity contribution in [2.45, 2.75) is 31.6 Å². The van der Waals surface area contributed by atoms with Gasteiger partial charge in [0.05, 0.1) is 5.52 Å². The zero-order valence-corrected chi connectivity index (χ0v) is 26.7. The van der Waals surface area contributed by atoms with E-state index in [0.717, 1.165) is 35.7 Å². The summed E-state index contributed by atoms with van der Waals surface area (Å²) < 4.78 is 2.28. The van der Waals surface area contributed by atoms with Crippen LogP contribution in [0.1, 0.15) is 37.3 Å². The maximum absolute atomic E-state index is 3.63. The molecule has 3 nitrogen and oxygen atoms in total. The number of nitrogens with zero attached hydrogens (tertiary/aromatic N) is 2. The SMILES string of the molecule is CC1(C)C2=CC(N(C3=CC=CCN3)c3ccc(-c4ccc5c(c4)c4ccc#cc4n5-c4ccccc4)cc3)=CCC2c2ccccc21. The fourth-order valence-electron chi connectivity index (χ4n) is 7.98. The van der Waals surface area contributed by atoms with Gasteiger partial charge in [-0.15, -0.1) is 0 Å². The van der Waals surface area contributed by atoms with Crippen molar-refractivity contribution in [3.63, 3.8) is 0 Å². The summed E-state index contributed by atoms with van der Waals surface area (Å²) in [5, 5.41) is 6.03. The van der Waals surface area contributed by atoms with Gasteiger partial charge in [0, 0.05) is 45.7 Å². The Morgan fingerprint density at radius 1 is 0.851 bits per heavy atom. The zero-order chi connectivity index (χ0) is 31.5. The second-order valence-electron chi connectivity index (χ2n) is 13.2. The van der Waals surface area contributed by atoms with Crippen molar-refractivity contribution in [3.8, 4) is 16.8 Å². The van der Waals surface area contributed by atoms with Crippen LogP contribution in [0.15, 0.2) is 157 Å². The third-order valence-corrected chi connectivity index (χ3v) is 10.3. The molecule has 1 atom stereocenters. The Bertz CT molecular complexity index is 2290. The number of hydrogen-bond acceptors (Lipinski definition) is 2. The lowest BCUT2D eigenvalue weighted by Crippen LogP contribution is -2.33. The number of dihydropyridines is 1. The summed E-state index contributed by atoms with van der Waals surface area (Å²) in [5.41, 5.74) is 12.5. The van der Waals surface area contributed by atoms with E-state index in [1.54, 1.807) is 0 Å². The normalized spacial score (nSPS) is 17.7. The Labute approximate surface area is 276 Å². The highest BCUT2D eigenvalue weighted by Gasteiger charge is 2.42. The summed E-state index contributed by atoms with van der Waals surface area (Å²) in [5.74, 6) is 1.54. The van der Waals surface area contributed by atoms with Gasteiger partial charge in [-0.25, -0.2) is 0 Å². The maximum Gasteiger partial charge on any atom is 0.111 e. The molecule has 226 valence electrons. The molecule has 0 saturated carbocycles. The zero-order valence-electron chi connectivity index (χ0n) is 26.7. The molecule has 3 heteroatoms. The van der Waals surface area contributed by atoms with E-state index in [4.69, 9.17) is 0 Å². The van der Waals surface area contributed by atoms with Crippen LogP contribution in [0.5, 0.6) is 0 Å². The van der Waals surface area contributed by atoms with Gasteiger partial charge >= 0.3 is 0 Å². The molecule has 0 fully saturated rings. The quantitative estimate of drug-likeness (QED) is 0.211. The Morgan fingerprint density at radius 3 is 2.49 bits per heavy atom. The Hall–Kier alpha value is -5.72. The molecule has 0 amide bonds. The van der Waals surface area contributed by atoms with Crippen LogP contribution in [0.3, 0.4) is 0 Å². The van der Waals surface area contributed by atoms with E-state index < -0.39 is 0 Å².